The SMILES string of the molecule is CCOP(=O)(OCC)Oc1ccc2nc3ccc(=O)cc-3oc2c1. The van der Waals surface area contributed by atoms with Crippen molar-refractivity contribution in [2.45, 2.75) is 13.8 Å². The first-order valence-corrected chi connectivity index (χ1v) is 8.92. The summed E-state index contributed by atoms with van der Waals surface area (Å²) in [7, 11) is -3.69. The van der Waals surface area contributed by atoms with Gasteiger partial charge in [-0.2, -0.15) is 0 Å². The van der Waals surface area contributed by atoms with E-state index in [0.717, 1.165) is 0 Å². The van der Waals surface area contributed by atoms with Gasteiger partial charge in [-0.3, -0.25) is 13.8 Å². The van der Waals surface area contributed by atoms with E-state index >= 15 is 0 Å². The van der Waals surface area contributed by atoms with Crippen molar-refractivity contribution in [2.24, 2.45) is 0 Å². The maximum absolute atomic E-state index is 12.4. The first-order valence-electron chi connectivity index (χ1n) is 7.46. The average molecular weight is 349 g/mol. The lowest BCUT2D eigenvalue weighted by molar-refractivity contribution is 0.167. The number of benzene rings is 2. The third kappa shape index (κ3) is 3.48. The first kappa shape index (κ1) is 16.6. The molecule has 126 valence electrons. The van der Waals surface area contributed by atoms with Crippen LogP contribution in [-0.4, -0.2) is 18.2 Å². The Kier molecular flexibility index (Phi) is 4.66. The van der Waals surface area contributed by atoms with Crippen molar-refractivity contribution < 1.29 is 22.6 Å². The van der Waals surface area contributed by atoms with Gasteiger partial charge in [-0.1, -0.05) is 0 Å². The Morgan fingerprint density at radius 3 is 2.54 bits per heavy atom. The summed E-state index contributed by atoms with van der Waals surface area (Å²) in [5, 5.41) is 0. The van der Waals surface area contributed by atoms with E-state index in [9.17, 15) is 9.36 Å². The molecular formula is C16H16NO6P. The van der Waals surface area contributed by atoms with Crippen molar-refractivity contribution in [2.75, 3.05) is 13.2 Å². The molecule has 0 radical (unpaired) electrons. The second-order valence-electron chi connectivity index (χ2n) is 4.85. The Hall–Kier alpha value is -2.21. The standard InChI is InChI=1S/C16H16NO6P/c1-3-20-24(19,21-4-2)23-12-6-8-14-16(10-12)22-15-9-11(18)5-7-13(15)17-14/h5-10H,3-4H2,1-2H3. The van der Waals surface area contributed by atoms with Crippen LogP contribution in [0.5, 0.6) is 5.75 Å². The molecule has 0 aromatic heterocycles. The molecule has 0 atom stereocenters. The van der Waals surface area contributed by atoms with Gasteiger partial charge >= 0.3 is 7.82 Å². The molecule has 3 rings (SSSR count). The summed E-state index contributed by atoms with van der Waals surface area (Å²) in [6.07, 6.45) is 0. The predicted octanol–water partition coefficient (Wildman–Crippen LogP) is 3.85. The number of nitrogens with zero attached hydrogens (tertiary/aromatic N) is 1. The van der Waals surface area contributed by atoms with E-state index in [1.54, 1.807) is 32.0 Å². The van der Waals surface area contributed by atoms with Crippen LogP contribution in [0.4, 0.5) is 0 Å². The Morgan fingerprint density at radius 1 is 1.08 bits per heavy atom. The predicted molar refractivity (Wildman–Crippen MR) is 88.4 cm³/mol. The minimum Gasteiger partial charge on any atom is -0.453 e. The van der Waals surface area contributed by atoms with E-state index in [1.807, 2.05) is 0 Å². The third-order valence-electron chi connectivity index (χ3n) is 3.12. The zero-order chi connectivity index (χ0) is 17.2. The van der Waals surface area contributed by atoms with Crippen molar-refractivity contribution in [3.05, 3.63) is 46.6 Å². The van der Waals surface area contributed by atoms with Crippen LogP contribution in [0.15, 0.2) is 45.6 Å². The fraction of sp³-hybridized carbons (Fsp3) is 0.250. The van der Waals surface area contributed by atoms with Crippen LogP contribution >= 0.6 is 7.82 Å². The van der Waals surface area contributed by atoms with E-state index in [0.29, 0.717) is 22.6 Å². The summed E-state index contributed by atoms with van der Waals surface area (Å²) in [6.45, 7) is 3.77. The molecule has 0 bridgehead atoms. The van der Waals surface area contributed by atoms with Gasteiger partial charge in [0.1, 0.15) is 17.0 Å². The zero-order valence-corrected chi connectivity index (χ0v) is 14.1. The number of phosphoric ester groups is 1. The van der Waals surface area contributed by atoms with Crippen LogP contribution in [-0.2, 0) is 13.6 Å². The molecule has 7 nitrogen and oxygen atoms in total. The number of rotatable bonds is 6. The van der Waals surface area contributed by atoms with Crippen LogP contribution in [0.2, 0.25) is 0 Å². The number of hydrogen-bond donors (Lipinski definition) is 0. The normalized spacial score (nSPS) is 11.9. The Balaban J connectivity index is 2.01. The van der Waals surface area contributed by atoms with Gasteiger partial charge in [0.25, 0.3) is 0 Å². The van der Waals surface area contributed by atoms with E-state index in [2.05, 4.69) is 4.98 Å². The van der Waals surface area contributed by atoms with E-state index in [4.69, 9.17) is 18.0 Å². The van der Waals surface area contributed by atoms with Crippen molar-refractivity contribution in [1.82, 2.24) is 4.98 Å². The number of fused-ring (bicyclic) bond motifs is 2. The monoisotopic (exact) mass is 349 g/mol. The van der Waals surface area contributed by atoms with Crippen LogP contribution in [0.1, 0.15) is 13.8 Å². The van der Waals surface area contributed by atoms with Gasteiger partial charge < -0.3 is 8.94 Å². The van der Waals surface area contributed by atoms with Crippen LogP contribution < -0.4 is 9.95 Å². The largest absolute Gasteiger partial charge is 0.530 e. The summed E-state index contributed by atoms with van der Waals surface area (Å²) in [4.78, 5) is 15.8. The van der Waals surface area contributed by atoms with E-state index in [-0.39, 0.29) is 24.4 Å². The molecule has 24 heavy (non-hydrogen) atoms. The topological polar surface area (TPSA) is 87.9 Å². The molecular weight excluding hydrogens is 333 g/mol. The second kappa shape index (κ2) is 6.73. The quantitative estimate of drug-likeness (QED) is 0.493. The summed E-state index contributed by atoms with van der Waals surface area (Å²) in [5.41, 5.74) is 1.38. The van der Waals surface area contributed by atoms with Crippen LogP contribution in [0, 0.1) is 0 Å². The number of phosphoric acid groups is 1. The zero-order valence-electron chi connectivity index (χ0n) is 13.2. The van der Waals surface area contributed by atoms with E-state index in [1.165, 1.54) is 18.2 Å². The van der Waals surface area contributed by atoms with Gasteiger partial charge in [0.15, 0.2) is 16.8 Å². The molecule has 1 aliphatic carbocycles. The van der Waals surface area contributed by atoms with Gasteiger partial charge in [0.05, 0.1) is 13.2 Å². The smallest absolute Gasteiger partial charge is 0.453 e. The lowest BCUT2D eigenvalue weighted by Crippen LogP contribution is -2.02. The molecule has 1 heterocycles. The highest BCUT2D eigenvalue weighted by atomic mass is 31.2. The number of hydrogen-bond acceptors (Lipinski definition) is 7. The highest BCUT2D eigenvalue weighted by Crippen LogP contribution is 2.49. The fourth-order valence-corrected chi connectivity index (χ4v) is 3.36. The summed E-state index contributed by atoms with van der Waals surface area (Å²) < 4.78 is 33.7. The van der Waals surface area contributed by atoms with Gasteiger partial charge in [0, 0.05) is 12.1 Å². The summed E-state index contributed by atoms with van der Waals surface area (Å²) in [6, 6.07) is 9.19. The highest BCUT2D eigenvalue weighted by molar-refractivity contribution is 7.48. The minimum atomic E-state index is -3.69. The molecule has 2 aliphatic rings. The van der Waals surface area contributed by atoms with Crippen molar-refractivity contribution in [3.8, 4) is 17.2 Å². The Labute approximate surface area is 138 Å². The first-order chi connectivity index (χ1) is 11.5. The van der Waals surface area contributed by atoms with Gasteiger partial charge in [-0.25, -0.2) is 9.55 Å². The van der Waals surface area contributed by atoms with Crippen LogP contribution in [0.3, 0.4) is 0 Å². The molecule has 0 unspecified atom stereocenters. The van der Waals surface area contributed by atoms with Crippen LogP contribution in [0.25, 0.3) is 22.6 Å². The van der Waals surface area contributed by atoms with Crippen molar-refractivity contribution in [3.63, 3.8) is 0 Å². The highest BCUT2D eigenvalue weighted by Gasteiger charge is 2.27. The summed E-state index contributed by atoms with van der Waals surface area (Å²) >= 11 is 0. The van der Waals surface area contributed by atoms with Crippen molar-refractivity contribution in [1.29, 1.82) is 0 Å². The fourth-order valence-electron chi connectivity index (χ4n) is 2.18. The Bertz CT molecular complexity index is 927. The number of aromatic nitrogens is 1. The molecule has 0 N–H and O–H groups in total. The maximum Gasteiger partial charge on any atom is 0.530 e. The van der Waals surface area contributed by atoms with Gasteiger partial charge in [-0.05, 0) is 38.1 Å². The molecule has 0 fully saturated rings. The van der Waals surface area contributed by atoms with Gasteiger partial charge in [0.2, 0.25) is 0 Å². The van der Waals surface area contributed by atoms with Crippen molar-refractivity contribution >= 4 is 18.9 Å². The summed E-state index contributed by atoms with van der Waals surface area (Å²) in [5.74, 6) is 0.626. The molecule has 1 aromatic carbocycles. The average Bonchev–Trinajstić information content (AvgIpc) is 2.53. The molecule has 0 saturated heterocycles. The minimum absolute atomic E-state index is 0.169. The molecule has 1 aromatic rings. The van der Waals surface area contributed by atoms with Gasteiger partial charge in [-0.15, -0.1) is 0 Å². The third-order valence-corrected chi connectivity index (χ3v) is 4.70. The van der Waals surface area contributed by atoms with E-state index < -0.39 is 7.82 Å². The molecule has 0 spiro atoms. The molecule has 0 amide bonds. The maximum atomic E-state index is 12.4. The molecule has 1 aliphatic heterocycles. The lowest BCUT2D eigenvalue weighted by Gasteiger charge is -2.17. The molecule has 0 saturated carbocycles. The Morgan fingerprint density at radius 2 is 1.83 bits per heavy atom. The second-order valence-corrected chi connectivity index (χ2v) is 6.44. The lowest BCUT2D eigenvalue weighted by atomic mass is 10.2. The molecule has 8 heteroatoms.